The Morgan fingerprint density at radius 3 is 1.24 bits per heavy atom. The third-order valence-corrected chi connectivity index (χ3v) is 6.30. The van der Waals surface area contributed by atoms with Gasteiger partial charge in [-0.2, -0.15) is 0 Å². The molecule has 0 saturated carbocycles. The Morgan fingerprint density at radius 1 is 0.474 bits per heavy atom. The first-order valence-corrected chi connectivity index (χ1v) is 14.1. The molecule has 0 bridgehead atoms. The monoisotopic (exact) mass is 498 g/mol. The van der Waals surface area contributed by atoms with Crippen molar-refractivity contribution in [2.75, 3.05) is 0 Å². The fourth-order valence-corrected chi connectivity index (χ4v) is 4.11. The fraction of sp³-hybridized carbons (Fsp3) is 0.211. The van der Waals surface area contributed by atoms with Crippen molar-refractivity contribution in [3.8, 4) is 0 Å². The Labute approximate surface area is 231 Å². The number of unbranched alkanes of at least 4 members (excludes halogenated alkanes) is 2. The second-order valence-corrected chi connectivity index (χ2v) is 9.57. The van der Waals surface area contributed by atoms with Gasteiger partial charge in [-0.3, -0.25) is 0 Å². The standard InChI is InChI=1S/C38H42/c1-3-5-17-35(25-15-13-23-33-19-9-7-10-20-33)31-37-27-29-38(30-28-37)32-36(18-6-4-2)26-16-14-24-34-21-11-8-12-22-34/h7-16,19-32H,3-6,17-18H2,1-2H3/b23-13+,24-14+,25-15+,26-16+,35-31+,36-32+. The van der Waals surface area contributed by atoms with Crippen molar-refractivity contribution in [1.82, 2.24) is 0 Å². The van der Waals surface area contributed by atoms with Gasteiger partial charge in [0.2, 0.25) is 0 Å². The van der Waals surface area contributed by atoms with E-state index in [1.807, 2.05) is 12.1 Å². The molecule has 0 unspecified atom stereocenters. The summed E-state index contributed by atoms with van der Waals surface area (Å²) in [5.74, 6) is 0. The van der Waals surface area contributed by atoms with Gasteiger partial charge in [-0.15, -0.1) is 0 Å². The Morgan fingerprint density at radius 2 is 0.868 bits per heavy atom. The molecule has 0 fully saturated rings. The van der Waals surface area contributed by atoms with E-state index in [4.69, 9.17) is 0 Å². The molecule has 0 N–H and O–H groups in total. The van der Waals surface area contributed by atoms with Gasteiger partial charge in [0.05, 0.1) is 0 Å². The van der Waals surface area contributed by atoms with Crippen molar-refractivity contribution in [3.63, 3.8) is 0 Å². The highest BCUT2D eigenvalue weighted by Crippen LogP contribution is 2.19. The fourth-order valence-electron chi connectivity index (χ4n) is 4.11. The highest BCUT2D eigenvalue weighted by atomic mass is 14.0. The van der Waals surface area contributed by atoms with Crippen LogP contribution < -0.4 is 0 Å². The zero-order chi connectivity index (χ0) is 26.7. The lowest BCUT2D eigenvalue weighted by molar-refractivity contribution is 0.800. The van der Waals surface area contributed by atoms with E-state index in [1.54, 1.807) is 0 Å². The van der Waals surface area contributed by atoms with Crippen LogP contribution in [0.4, 0.5) is 0 Å². The topological polar surface area (TPSA) is 0 Å². The number of hydrogen-bond acceptors (Lipinski definition) is 0. The normalized spacial score (nSPS) is 13.0. The molecule has 0 saturated heterocycles. The van der Waals surface area contributed by atoms with Crippen molar-refractivity contribution in [2.45, 2.75) is 52.4 Å². The van der Waals surface area contributed by atoms with Gasteiger partial charge in [0.25, 0.3) is 0 Å². The van der Waals surface area contributed by atoms with E-state index in [0.29, 0.717) is 0 Å². The molecule has 0 nitrogen and oxygen atoms in total. The van der Waals surface area contributed by atoms with Gasteiger partial charge < -0.3 is 0 Å². The van der Waals surface area contributed by atoms with E-state index < -0.39 is 0 Å². The SMILES string of the molecule is CCCCC(/C=C/C=C/c1ccccc1)=C\c1ccc(/C=C(/C=C/C=C/c2ccccc2)CCCC)cc1. The highest BCUT2D eigenvalue weighted by Gasteiger charge is 1.98. The second kappa shape index (κ2) is 17.5. The molecule has 38 heavy (non-hydrogen) atoms. The van der Waals surface area contributed by atoms with Crippen LogP contribution in [0.3, 0.4) is 0 Å². The molecule has 0 amide bonds. The van der Waals surface area contributed by atoms with Crippen molar-refractivity contribution < 1.29 is 0 Å². The minimum atomic E-state index is 1.09. The van der Waals surface area contributed by atoms with Crippen LogP contribution in [0.15, 0.2) is 133 Å². The van der Waals surface area contributed by atoms with Crippen LogP contribution in [0.1, 0.15) is 74.6 Å². The van der Waals surface area contributed by atoms with Crippen LogP contribution in [0, 0.1) is 0 Å². The zero-order valence-corrected chi connectivity index (χ0v) is 23.1. The average molecular weight is 499 g/mol. The van der Waals surface area contributed by atoms with E-state index >= 15 is 0 Å². The first kappa shape index (κ1) is 28.7. The summed E-state index contributed by atoms with van der Waals surface area (Å²) in [6.45, 7) is 4.50. The molecule has 0 heterocycles. The quantitative estimate of drug-likeness (QED) is 0.194. The molecule has 0 spiro atoms. The van der Waals surface area contributed by atoms with Crippen LogP contribution >= 0.6 is 0 Å². The molecule has 3 rings (SSSR count). The average Bonchev–Trinajstić information content (AvgIpc) is 2.96. The van der Waals surface area contributed by atoms with Gasteiger partial charge >= 0.3 is 0 Å². The minimum absolute atomic E-state index is 1.09. The second-order valence-electron chi connectivity index (χ2n) is 9.57. The largest absolute Gasteiger partial charge is 0.0654 e. The molecule has 0 heteroatoms. The van der Waals surface area contributed by atoms with Crippen molar-refractivity contribution >= 4 is 24.3 Å². The van der Waals surface area contributed by atoms with Crippen molar-refractivity contribution in [3.05, 3.63) is 155 Å². The maximum Gasteiger partial charge on any atom is -0.0254 e. The van der Waals surface area contributed by atoms with E-state index in [2.05, 4.69) is 147 Å². The molecule has 0 radical (unpaired) electrons. The molecule has 194 valence electrons. The Balaban J connectivity index is 1.69. The minimum Gasteiger partial charge on any atom is -0.0654 e. The van der Waals surface area contributed by atoms with Crippen molar-refractivity contribution in [2.24, 2.45) is 0 Å². The Bertz CT molecular complexity index is 1130. The first-order chi connectivity index (χ1) is 18.8. The molecule has 3 aromatic carbocycles. The van der Waals surface area contributed by atoms with Gasteiger partial charge in [-0.05, 0) is 59.1 Å². The summed E-state index contributed by atoms with van der Waals surface area (Å²) in [5.41, 5.74) is 7.68. The molecule has 0 aromatic heterocycles. The summed E-state index contributed by atoms with van der Waals surface area (Å²) >= 11 is 0. The van der Waals surface area contributed by atoms with Gasteiger partial charge in [-0.1, -0.05) is 172 Å². The van der Waals surface area contributed by atoms with Crippen LogP contribution in [-0.4, -0.2) is 0 Å². The maximum absolute atomic E-state index is 2.32. The summed E-state index contributed by atoms with van der Waals surface area (Å²) in [6, 6.07) is 29.8. The van der Waals surface area contributed by atoms with Crippen LogP contribution in [0.2, 0.25) is 0 Å². The summed E-state index contributed by atoms with van der Waals surface area (Å²) < 4.78 is 0. The van der Waals surface area contributed by atoms with Gasteiger partial charge in [0.1, 0.15) is 0 Å². The molecule has 0 atom stereocenters. The number of rotatable bonds is 14. The predicted molar refractivity (Wildman–Crippen MR) is 171 cm³/mol. The summed E-state index contributed by atoms with van der Waals surface area (Å²) in [5, 5.41) is 0. The van der Waals surface area contributed by atoms with Crippen LogP contribution in [0.5, 0.6) is 0 Å². The van der Waals surface area contributed by atoms with E-state index in [9.17, 15) is 0 Å². The molecule has 0 aliphatic carbocycles. The van der Waals surface area contributed by atoms with E-state index in [1.165, 1.54) is 59.1 Å². The lowest BCUT2D eigenvalue weighted by Gasteiger charge is -2.04. The molecular weight excluding hydrogens is 456 g/mol. The van der Waals surface area contributed by atoms with E-state index in [0.717, 1.165) is 12.8 Å². The third kappa shape index (κ3) is 11.4. The molecular formula is C38H42. The lowest BCUT2D eigenvalue weighted by Crippen LogP contribution is -1.83. The number of benzene rings is 3. The van der Waals surface area contributed by atoms with Gasteiger partial charge in [-0.25, -0.2) is 0 Å². The molecule has 0 aliphatic rings. The van der Waals surface area contributed by atoms with Crippen molar-refractivity contribution in [1.29, 1.82) is 0 Å². The number of allylic oxidation sites excluding steroid dienone is 8. The summed E-state index contributed by atoms with van der Waals surface area (Å²) in [6.07, 6.45) is 29.0. The van der Waals surface area contributed by atoms with Gasteiger partial charge in [0, 0.05) is 0 Å². The molecule has 0 aliphatic heterocycles. The third-order valence-electron chi connectivity index (χ3n) is 6.30. The van der Waals surface area contributed by atoms with Crippen LogP contribution in [0.25, 0.3) is 24.3 Å². The lowest BCUT2D eigenvalue weighted by atomic mass is 10.0. The Hall–Kier alpha value is -3.90. The first-order valence-electron chi connectivity index (χ1n) is 14.1. The molecule has 3 aromatic rings. The Kier molecular flexibility index (Phi) is 13.2. The summed E-state index contributed by atoms with van der Waals surface area (Å²) in [7, 11) is 0. The number of hydrogen-bond donors (Lipinski definition) is 0. The zero-order valence-electron chi connectivity index (χ0n) is 23.1. The van der Waals surface area contributed by atoms with Gasteiger partial charge in [0.15, 0.2) is 0 Å². The van der Waals surface area contributed by atoms with Crippen LogP contribution in [-0.2, 0) is 0 Å². The highest BCUT2D eigenvalue weighted by molar-refractivity contribution is 5.62. The smallest absolute Gasteiger partial charge is 0.0254 e. The predicted octanol–water partition coefficient (Wildman–Crippen LogP) is 11.4. The maximum atomic E-state index is 2.32. The summed E-state index contributed by atoms with van der Waals surface area (Å²) in [4.78, 5) is 0. The van der Waals surface area contributed by atoms with E-state index in [-0.39, 0.29) is 0 Å².